The van der Waals surface area contributed by atoms with Crippen molar-refractivity contribution in [3.63, 3.8) is 0 Å². The third-order valence-electron chi connectivity index (χ3n) is 1.61. The Bertz CT molecular complexity index is 350. The highest BCUT2D eigenvalue weighted by atomic mass is 32.2. The molecule has 1 rings (SSSR count). The molecule has 0 saturated carbocycles. The molecule has 0 fully saturated rings. The van der Waals surface area contributed by atoms with Crippen LogP contribution in [0.4, 0.5) is 4.39 Å². The van der Waals surface area contributed by atoms with Gasteiger partial charge in [0, 0.05) is 10.9 Å². The van der Waals surface area contributed by atoms with Crippen LogP contribution in [0.25, 0.3) is 0 Å². The summed E-state index contributed by atoms with van der Waals surface area (Å²) in [6, 6.07) is 6.67. The quantitative estimate of drug-likeness (QED) is 0.487. The minimum absolute atomic E-state index is 0.207. The first-order valence-electron chi connectivity index (χ1n) is 4.78. The molecule has 0 aliphatic carbocycles. The molecule has 0 atom stereocenters. The molecule has 1 aromatic carbocycles. The van der Waals surface area contributed by atoms with Crippen LogP contribution < -0.4 is 5.73 Å². The maximum atomic E-state index is 12.8. The van der Waals surface area contributed by atoms with Gasteiger partial charge in [0.15, 0.2) is 0 Å². The highest BCUT2D eigenvalue weighted by molar-refractivity contribution is 8.00. The molecular weight excluding hydrogens is 211 g/mol. The number of aliphatic imine (C=N–C) groups is 1. The zero-order valence-corrected chi connectivity index (χ0v) is 9.72. The van der Waals surface area contributed by atoms with Crippen molar-refractivity contribution in [2.24, 2.45) is 10.7 Å². The van der Waals surface area contributed by atoms with Crippen LogP contribution >= 0.6 is 11.8 Å². The van der Waals surface area contributed by atoms with Crippen LogP contribution in [-0.4, -0.2) is 17.6 Å². The summed E-state index contributed by atoms with van der Waals surface area (Å²) in [5, 5.41) is 0. The van der Waals surface area contributed by atoms with Crippen LogP contribution in [0.2, 0.25) is 0 Å². The summed E-state index contributed by atoms with van der Waals surface area (Å²) in [6.07, 6.45) is 0. The second kappa shape index (κ2) is 5.75. The zero-order chi connectivity index (χ0) is 11.3. The van der Waals surface area contributed by atoms with Gasteiger partial charge in [0.05, 0.1) is 5.75 Å². The molecule has 0 bridgehead atoms. The summed E-state index contributed by atoms with van der Waals surface area (Å²) in [4.78, 5) is 5.07. The van der Waals surface area contributed by atoms with E-state index in [1.165, 1.54) is 23.9 Å². The van der Waals surface area contributed by atoms with Crippen LogP contribution in [0, 0.1) is 5.82 Å². The van der Waals surface area contributed by atoms with E-state index in [9.17, 15) is 4.39 Å². The number of thioether (sulfide) groups is 1. The largest absolute Gasteiger partial charge is 0.387 e. The van der Waals surface area contributed by atoms with E-state index in [2.05, 4.69) is 4.99 Å². The molecule has 0 spiro atoms. The summed E-state index contributed by atoms with van der Waals surface area (Å²) in [7, 11) is 0. The standard InChI is InChI=1S/C11H15FN2S/c1-8(2)14-11(13)7-15-10-5-3-4-9(12)6-10/h3-6,8H,7H2,1-2H3,(H2,13,14). The van der Waals surface area contributed by atoms with Crippen molar-refractivity contribution in [1.29, 1.82) is 0 Å². The van der Waals surface area contributed by atoms with Crippen molar-refractivity contribution in [3.8, 4) is 0 Å². The third kappa shape index (κ3) is 4.83. The number of amidine groups is 1. The molecule has 0 saturated heterocycles. The lowest BCUT2D eigenvalue weighted by Crippen LogP contribution is -2.16. The second-order valence-electron chi connectivity index (χ2n) is 3.46. The SMILES string of the molecule is CC(C)N=C(N)CSc1cccc(F)c1. The topological polar surface area (TPSA) is 38.4 Å². The minimum Gasteiger partial charge on any atom is -0.387 e. The molecule has 0 heterocycles. The van der Waals surface area contributed by atoms with E-state index in [1.807, 2.05) is 19.9 Å². The van der Waals surface area contributed by atoms with E-state index in [0.717, 1.165) is 4.90 Å². The molecule has 4 heteroatoms. The van der Waals surface area contributed by atoms with Gasteiger partial charge in [-0.3, -0.25) is 4.99 Å². The van der Waals surface area contributed by atoms with Gasteiger partial charge >= 0.3 is 0 Å². The van der Waals surface area contributed by atoms with E-state index in [0.29, 0.717) is 11.6 Å². The molecule has 1 aromatic rings. The van der Waals surface area contributed by atoms with Crippen molar-refractivity contribution >= 4 is 17.6 Å². The fourth-order valence-electron chi connectivity index (χ4n) is 1.08. The number of benzene rings is 1. The third-order valence-corrected chi connectivity index (χ3v) is 2.63. The average molecular weight is 226 g/mol. The van der Waals surface area contributed by atoms with E-state index >= 15 is 0 Å². The Labute approximate surface area is 93.8 Å². The van der Waals surface area contributed by atoms with Gasteiger partial charge in [-0.2, -0.15) is 0 Å². The van der Waals surface area contributed by atoms with Gasteiger partial charge in [-0.25, -0.2) is 4.39 Å². The van der Waals surface area contributed by atoms with Crippen LogP contribution in [0.5, 0.6) is 0 Å². The second-order valence-corrected chi connectivity index (χ2v) is 4.51. The van der Waals surface area contributed by atoms with Gasteiger partial charge in [-0.1, -0.05) is 6.07 Å². The van der Waals surface area contributed by atoms with E-state index in [1.54, 1.807) is 6.07 Å². The molecular formula is C11H15FN2S. The lowest BCUT2D eigenvalue weighted by molar-refractivity contribution is 0.624. The molecule has 2 N–H and O–H groups in total. The number of halogens is 1. The normalized spacial score (nSPS) is 12.1. The predicted octanol–water partition coefficient (Wildman–Crippen LogP) is 2.68. The van der Waals surface area contributed by atoms with Gasteiger partial charge in [0.2, 0.25) is 0 Å². The number of nitrogens with zero attached hydrogens (tertiary/aromatic N) is 1. The number of hydrogen-bond acceptors (Lipinski definition) is 2. The fraction of sp³-hybridized carbons (Fsp3) is 0.364. The Morgan fingerprint density at radius 2 is 2.27 bits per heavy atom. The van der Waals surface area contributed by atoms with E-state index in [4.69, 9.17) is 5.73 Å². The summed E-state index contributed by atoms with van der Waals surface area (Å²) >= 11 is 1.49. The Kier molecular flexibility index (Phi) is 4.62. The Morgan fingerprint density at radius 1 is 1.53 bits per heavy atom. The summed E-state index contributed by atoms with van der Waals surface area (Å²) in [5.41, 5.74) is 5.70. The number of nitrogens with two attached hydrogens (primary N) is 1. The Hall–Kier alpha value is -1.03. The summed E-state index contributed by atoms with van der Waals surface area (Å²) in [5.74, 6) is 0.973. The smallest absolute Gasteiger partial charge is 0.124 e. The number of hydrogen-bond donors (Lipinski definition) is 1. The van der Waals surface area contributed by atoms with Crippen molar-refractivity contribution in [2.45, 2.75) is 24.8 Å². The maximum absolute atomic E-state index is 12.8. The van der Waals surface area contributed by atoms with Crippen LogP contribution in [0.15, 0.2) is 34.2 Å². The lowest BCUT2D eigenvalue weighted by atomic mass is 10.4. The van der Waals surface area contributed by atoms with Gasteiger partial charge in [0.25, 0.3) is 0 Å². The average Bonchev–Trinajstić information content (AvgIpc) is 2.14. The van der Waals surface area contributed by atoms with Gasteiger partial charge < -0.3 is 5.73 Å². The molecule has 0 amide bonds. The van der Waals surface area contributed by atoms with Gasteiger partial charge in [0.1, 0.15) is 11.7 Å². The van der Waals surface area contributed by atoms with Crippen molar-refractivity contribution in [3.05, 3.63) is 30.1 Å². The Balaban J connectivity index is 2.50. The van der Waals surface area contributed by atoms with Gasteiger partial charge in [-0.05, 0) is 32.0 Å². The maximum Gasteiger partial charge on any atom is 0.124 e. The first kappa shape index (κ1) is 12.0. The number of rotatable bonds is 4. The lowest BCUT2D eigenvalue weighted by Gasteiger charge is -2.03. The van der Waals surface area contributed by atoms with E-state index in [-0.39, 0.29) is 11.9 Å². The van der Waals surface area contributed by atoms with Gasteiger partial charge in [-0.15, -0.1) is 11.8 Å². The minimum atomic E-state index is -0.223. The van der Waals surface area contributed by atoms with Crippen LogP contribution in [0.3, 0.4) is 0 Å². The van der Waals surface area contributed by atoms with E-state index < -0.39 is 0 Å². The predicted molar refractivity (Wildman–Crippen MR) is 63.9 cm³/mol. The molecule has 82 valence electrons. The molecule has 0 radical (unpaired) electrons. The van der Waals surface area contributed by atoms with Crippen molar-refractivity contribution in [2.75, 3.05) is 5.75 Å². The van der Waals surface area contributed by atoms with Crippen molar-refractivity contribution in [1.82, 2.24) is 0 Å². The molecule has 0 aromatic heterocycles. The molecule has 15 heavy (non-hydrogen) atoms. The highest BCUT2D eigenvalue weighted by Gasteiger charge is 1.99. The molecule has 2 nitrogen and oxygen atoms in total. The molecule has 0 aliphatic heterocycles. The highest BCUT2D eigenvalue weighted by Crippen LogP contribution is 2.18. The summed E-state index contributed by atoms with van der Waals surface area (Å²) in [6.45, 7) is 3.94. The fourth-order valence-corrected chi connectivity index (χ4v) is 1.84. The first-order valence-corrected chi connectivity index (χ1v) is 5.77. The van der Waals surface area contributed by atoms with Crippen LogP contribution in [-0.2, 0) is 0 Å². The van der Waals surface area contributed by atoms with Crippen LogP contribution in [0.1, 0.15) is 13.8 Å². The first-order chi connectivity index (χ1) is 7.08. The monoisotopic (exact) mass is 226 g/mol. The van der Waals surface area contributed by atoms with Crippen molar-refractivity contribution < 1.29 is 4.39 Å². The Morgan fingerprint density at radius 3 is 2.87 bits per heavy atom. The zero-order valence-electron chi connectivity index (χ0n) is 8.90. The summed E-state index contributed by atoms with van der Waals surface area (Å²) < 4.78 is 12.8. The molecule has 0 aliphatic rings. The molecule has 0 unspecified atom stereocenters.